The van der Waals surface area contributed by atoms with Crippen LogP contribution < -0.4 is 5.32 Å². The molecule has 1 aromatic rings. The third-order valence-electron chi connectivity index (χ3n) is 3.61. The number of nitrogens with one attached hydrogen (secondary N) is 1. The van der Waals surface area contributed by atoms with Gasteiger partial charge in [0.15, 0.2) is 0 Å². The van der Waals surface area contributed by atoms with Crippen LogP contribution in [0.25, 0.3) is 0 Å². The Morgan fingerprint density at radius 2 is 2.16 bits per heavy atom. The van der Waals surface area contributed by atoms with Crippen molar-refractivity contribution in [2.75, 3.05) is 32.0 Å². The lowest BCUT2D eigenvalue weighted by Crippen LogP contribution is -2.33. The Labute approximate surface area is 113 Å². The van der Waals surface area contributed by atoms with Crippen molar-refractivity contribution in [1.82, 2.24) is 9.88 Å². The second-order valence-corrected chi connectivity index (χ2v) is 5.32. The number of carboxylic acid groups (broad SMARTS) is 1. The van der Waals surface area contributed by atoms with E-state index in [1.807, 2.05) is 6.92 Å². The van der Waals surface area contributed by atoms with E-state index < -0.39 is 5.97 Å². The maximum Gasteiger partial charge on any atom is 0.335 e. The Morgan fingerprint density at radius 3 is 2.79 bits per heavy atom. The predicted molar refractivity (Wildman–Crippen MR) is 74.6 cm³/mol. The van der Waals surface area contributed by atoms with Gasteiger partial charge in [-0.2, -0.15) is 0 Å². The van der Waals surface area contributed by atoms with Crippen LogP contribution >= 0.6 is 0 Å². The van der Waals surface area contributed by atoms with Gasteiger partial charge in [0.2, 0.25) is 0 Å². The number of aromatic carboxylic acids is 1. The Kier molecular flexibility index (Phi) is 4.37. The Morgan fingerprint density at radius 1 is 1.47 bits per heavy atom. The van der Waals surface area contributed by atoms with E-state index in [-0.39, 0.29) is 0 Å². The minimum absolute atomic E-state index is 0.290. The Bertz CT molecular complexity index is 454. The first-order chi connectivity index (χ1) is 9.04. The molecule has 1 aliphatic heterocycles. The summed E-state index contributed by atoms with van der Waals surface area (Å²) in [7, 11) is 2.14. The molecule has 19 heavy (non-hydrogen) atoms. The van der Waals surface area contributed by atoms with Crippen LogP contribution in [0.15, 0.2) is 12.1 Å². The van der Waals surface area contributed by atoms with E-state index in [0.717, 1.165) is 25.3 Å². The monoisotopic (exact) mass is 263 g/mol. The van der Waals surface area contributed by atoms with Crippen LogP contribution in [0.3, 0.4) is 0 Å². The van der Waals surface area contributed by atoms with E-state index >= 15 is 0 Å². The molecule has 0 radical (unpaired) electrons. The van der Waals surface area contributed by atoms with Gasteiger partial charge in [0.25, 0.3) is 0 Å². The molecule has 0 spiro atoms. The molecular weight excluding hydrogens is 242 g/mol. The van der Waals surface area contributed by atoms with E-state index in [1.165, 1.54) is 12.8 Å². The summed E-state index contributed by atoms with van der Waals surface area (Å²) in [6.07, 6.45) is 2.36. The van der Waals surface area contributed by atoms with Crippen molar-refractivity contribution in [3.63, 3.8) is 0 Å². The molecule has 0 amide bonds. The van der Waals surface area contributed by atoms with Crippen molar-refractivity contribution < 1.29 is 9.90 Å². The summed E-state index contributed by atoms with van der Waals surface area (Å²) >= 11 is 0. The summed E-state index contributed by atoms with van der Waals surface area (Å²) in [5, 5.41) is 12.3. The molecular formula is C14H21N3O2. The van der Waals surface area contributed by atoms with Crippen LogP contribution in [0, 0.1) is 12.8 Å². The molecule has 0 aliphatic carbocycles. The number of rotatable bonds is 4. The number of pyridine rings is 1. The van der Waals surface area contributed by atoms with Gasteiger partial charge in [-0.05, 0) is 58.0 Å². The predicted octanol–water partition coefficient (Wildman–Crippen LogP) is 1.84. The van der Waals surface area contributed by atoms with Gasteiger partial charge >= 0.3 is 5.97 Å². The van der Waals surface area contributed by atoms with Crippen LogP contribution in [-0.2, 0) is 0 Å². The molecule has 2 heterocycles. The van der Waals surface area contributed by atoms with Crippen molar-refractivity contribution in [3.05, 3.63) is 23.4 Å². The van der Waals surface area contributed by atoms with E-state index in [1.54, 1.807) is 12.1 Å². The highest BCUT2D eigenvalue weighted by Gasteiger charge is 2.16. The number of likely N-dealkylation sites (tertiary alicyclic amines) is 1. The van der Waals surface area contributed by atoms with Gasteiger partial charge in [-0.15, -0.1) is 0 Å². The molecule has 1 fully saturated rings. The van der Waals surface area contributed by atoms with Gasteiger partial charge < -0.3 is 15.3 Å². The first kappa shape index (κ1) is 13.8. The lowest BCUT2D eigenvalue weighted by Gasteiger charge is -2.29. The second kappa shape index (κ2) is 6.02. The maximum atomic E-state index is 11.0. The molecule has 1 saturated heterocycles. The molecule has 1 aromatic heterocycles. The lowest BCUT2D eigenvalue weighted by molar-refractivity contribution is 0.0696. The van der Waals surface area contributed by atoms with Gasteiger partial charge in [-0.1, -0.05) is 0 Å². The van der Waals surface area contributed by atoms with Crippen molar-refractivity contribution in [1.29, 1.82) is 0 Å². The first-order valence-corrected chi connectivity index (χ1v) is 6.69. The third kappa shape index (κ3) is 3.92. The minimum atomic E-state index is -0.909. The second-order valence-electron chi connectivity index (χ2n) is 5.32. The fourth-order valence-electron chi connectivity index (χ4n) is 2.40. The Balaban J connectivity index is 1.94. The molecule has 1 aliphatic rings. The van der Waals surface area contributed by atoms with Crippen molar-refractivity contribution in [2.45, 2.75) is 19.8 Å². The number of aromatic nitrogens is 1. The molecule has 104 valence electrons. The zero-order chi connectivity index (χ0) is 13.8. The normalized spacial score (nSPS) is 17.4. The number of hydrogen-bond donors (Lipinski definition) is 2. The van der Waals surface area contributed by atoms with Gasteiger partial charge in [-0.3, -0.25) is 0 Å². The molecule has 5 nitrogen and oxygen atoms in total. The first-order valence-electron chi connectivity index (χ1n) is 6.69. The minimum Gasteiger partial charge on any atom is -0.478 e. The van der Waals surface area contributed by atoms with Crippen molar-refractivity contribution in [2.24, 2.45) is 5.92 Å². The number of carbonyl (C=O) groups is 1. The average molecular weight is 263 g/mol. The topological polar surface area (TPSA) is 65.5 Å². The molecule has 5 heteroatoms. The zero-order valence-corrected chi connectivity index (χ0v) is 11.5. The highest BCUT2D eigenvalue weighted by Crippen LogP contribution is 2.17. The molecule has 2 N–H and O–H groups in total. The van der Waals surface area contributed by atoms with Crippen molar-refractivity contribution >= 4 is 11.8 Å². The van der Waals surface area contributed by atoms with Crippen LogP contribution in [0.5, 0.6) is 0 Å². The highest BCUT2D eigenvalue weighted by atomic mass is 16.4. The van der Waals surface area contributed by atoms with Crippen molar-refractivity contribution in [3.8, 4) is 0 Å². The molecule has 0 bridgehead atoms. The lowest BCUT2D eigenvalue weighted by atomic mass is 9.97. The fourth-order valence-corrected chi connectivity index (χ4v) is 2.40. The quantitative estimate of drug-likeness (QED) is 0.867. The number of nitrogens with zero attached hydrogens (tertiary/aromatic N) is 2. The third-order valence-corrected chi connectivity index (χ3v) is 3.61. The molecule has 2 rings (SSSR count). The molecule has 0 unspecified atom stereocenters. The van der Waals surface area contributed by atoms with Crippen LogP contribution in [-0.4, -0.2) is 47.6 Å². The van der Waals surface area contributed by atoms with E-state index in [4.69, 9.17) is 5.11 Å². The fraction of sp³-hybridized carbons (Fsp3) is 0.571. The number of aryl methyl sites for hydroxylation is 1. The van der Waals surface area contributed by atoms with E-state index in [9.17, 15) is 4.79 Å². The van der Waals surface area contributed by atoms with E-state index in [0.29, 0.717) is 17.3 Å². The maximum absolute atomic E-state index is 11.0. The van der Waals surface area contributed by atoms with E-state index in [2.05, 4.69) is 22.2 Å². The summed E-state index contributed by atoms with van der Waals surface area (Å²) < 4.78 is 0. The van der Waals surface area contributed by atoms with Gasteiger partial charge in [0, 0.05) is 12.2 Å². The summed E-state index contributed by atoms with van der Waals surface area (Å²) in [6.45, 7) is 4.94. The zero-order valence-electron chi connectivity index (χ0n) is 11.5. The van der Waals surface area contributed by atoms with Crippen LogP contribution in [0.1, 0.15) is 28.9 Å². The summed E-state index contributed by atoms with van der Waals surface area (Å²) in [5.74, 6) is 0.399. The number of piperidine rings is 1. The van der Waals surface area contributed by atoms with Gasteiger partial charge in [0.1, 0.15) is 5.82 Å². The number of anilines is 1. The van der Waals surface area contributed by atoms with Crippen LogP contribution in [0.4, 0.5) is 5.82 Å². The van der Waals surface area contributed by atoms with Gasteiger partial charge in [-0.25, -0.2) is 9.78 Å². The molecule has 0 atom stereocenters. The smallest absolute Gasteiger partial charge is 0.335 e. The van der Waals surface area contributed by atoms with Gasteiger partial charge in [0.05, 0.1) is 5.56 Å². The van der Waals surface area contributed by atoms with Crippen LogP contribution in [0.2, 0.25) is 0 Å². The summed E-state index contributed by atoms with van der Waals surface area (Å²) in [5.41, 5.74) is 1.02. The highest BCUT2D eigenvalue weighted by molar-refractivity contribution is 5.88. The largest absolute Gasteiger partial charge is 0.478 e. The number of hydrogen-bond acceptors (Lipinski definition) is 4. The summed E-state index contributed by atoms with van der Waals surface area (Å²) in [4.78, 5) is 17.7. The molecule has 0 saturated carbocycles. The standard InChI is InChI=1S/C14H21N3O2/c1-10-7-12(14(18)19)8-13(16-10)15-9-11-3-5-17(2)6-4-11/h7-8,11H,3-6,9H2,1-2H3,(H,15,16)(H,18,19). The average Bonchev–Trinajstić information content (AvgIpc) is 2.37. The SMILES string of the molecule is Cc1cc(C(=O)O)cc(NCC2CCN(C)CC2)n1. The summed E-state index contributed by atoms with van der Waals surface area (Å²) in [6, 6.07) is 3.19. The molecule has 0 aromatic carbocycles. The number of carboxylic acids is 1. The Hall–Kier alpha value is -1.62.